The molecule has 126 valence electrons. The van der Waals surface area contributed by atoms with Crippen molar-refractivity contribution < 1.29 is 4.52 Å². The van der Waals surface area contributed by atoms with Crippen LogP contribution in [0, 0.1) is 13.8 Å². The summed E-state index contributed by atoms with van der Waals surface area (Å²) in [5, 5.41) is 18.8. The van der Waals surface area contributed by atoms with Crippen molar-refractivity contribution in [3.8, 4) is 5.69 Å². The molecule has 0 aliphatic heterocycles. The monoisotopic (exact) mass is 326 g/mol. The fraction of sp³-hybridized carbons (Fsp3) is 0.412. The summed E-state index contributed by atoms with van der Waals surface area (Å²) in [6.07, 6.45) is 1.59. The first-order valence-electron chi connectivity index (χ1n) is 8.05. The van der Waals surface area contributed by atoms with Gasteiger partial charge in [-0.1, -0.05) is 24.2 Å². The summed E-state index contributed by atoms with van der Waals surface area (Å²) < 4.78 is 6.90. The maximum atomic E-state index is 5.26. The van der Waals surface area contributed by atoms with Crippen LogP contribution in [0.2, 0.25) is 0 Å². The maximum absolute atomic E-state index is 5.26. The first kappa shape index (κ1) is 16.3. The number of aryl methyl sites for hydroxylation is 2. The highest BCUT2D eigenvalue weighted by molar-refractivity contribution is 5.34. The lowest BCUT2D eigenvalue weighted by Gasteiger charge is -2.18. The molecule has 1 N–H and O–H groups in total. The van der Waals surface area contributed by atoms with Crippen LogP contribution in [0.3, 0.4) is 0 Å². The summed E-state index contributed by atoms with van der Waals surface area (Å²) in [5.74, 6) is 1.25. The predicted octanol–water partition coefficient (Wildman–Crippen LogP) is 2.72. The second-order valence-corrected chi connectivity index (χ2v) is 6.11. The van der Waals surface area contributed by atoms with Crippen LogP contribution in [0.25, 0.3) is 5.69 Å². The third kappa shape index (κ3) is 3.35. The standard InChI is InChI=1S/C17H22N6O/c1-11(17-13(3)20-24-14(17)4)9-18-12(2)15-5-7-16(8-6-15)23-10-19-21-22-23/h5-8,10-12,18H,9H2,1-4H3. The van der Waals surface area contributed by atoms with Gasteiger partial charge in [-0.05, 0) is 54.8 Å². The quantitative estimate of drug-likeness (QED) is 0.750. The van der Waals surface area contributed by atoms with Crippen LogP contribution in [-0.2, 0) is 0 Å². The molecule has 0 saturated heterocycles. The van der Waals surface area contributed by atoms with Gasteiger partial charge in [-0.25, -0.2) is 4.68 Å². The van der Waals surface area contributed by atoms with E-state index in [9.17, 15) is 0 Å². The van der Waals surface area contributed by atoms with Gasteiger partial charge in [0.05, 0.1) is 11.4 Å². The number of tetrazole rings is 1. The fourth-order valence-electron chi connectivity index (χ4n) is 2.96. The molecule has 0 bridgehead atoms. The number of hydrogen-bond acceptors (Lipinski definition) is 6. The Morgan fingerprint density at radius 2 is 1.92 bits per heavy atom. The van der Waals surface area contributed by atoms with Crippen molar-refractivity contribution in [1.82, 2.24) is 30.7 Å². The van der Waals surface area contributed by atoms with E-state index >= 15 is 0 Å². The van der Waals surface area contributed by atoms with Gasteiger partial charge in [0.25, 0.3) is 0 Å². The Morgan fingerprint density at radius 1 is 1.17 bits per heavy atom. The number of nitrogens with zero attached hydrogens (tertiary/aromatic N) is 5. The van der Waals surface area contributed by atoms with Crippen molar-refractivity contribution >= 4 is 0 Å². The summed E-state index contributed by atoms with van der Waals surface area (Å²) in [4.78, 5) is 0. The van der Waals surface area contributed by atoms with E-state index in [1.54, 1.807) is 11.0 Å². The van der Waals surface area contributed by atoms with E-state index in [1.807, 2.05) is 26.0 Å². The SMILES string of the molecule is Cc1noc(C)c1C(C)CNC(C)c1ccc(-n2cnnn2)cc1. The number of aromatic nitrogens is 5. The molecule has 0 aliphatic carbocycles. The minimum absolute atomic E-state index is 0.246. The molecule has 0 fully saturated rings. The Morgan fingerprint density at radius 3 is 2.50 bits per heavy atom. The third-order valence-corrected chi connectivity index (χ3v) is 4.32. The van der Waals surface area contributed by atoms with Gasteiger partial charge in [0.2, 0.25) is 0 Å². The number of hydrogen-bond donors (Lipinski definition) is 1. The first-order valence-corrected chi connectivity index (χ1v) is 8.05. The maximum Gasteiger partial charge on any atom is 0.143 e. The molecule has 0 aliphatic rings. The van der Waals surface area contributed by atoms with Crippen LogP contribution < -0.4 is 5.32 Å². The second-order valence-electron chi connectivity index (χ2n) is 6.11. The molecule has 3 aromatic rings. The predicted molar refractivity (Wildman–Crippen MR) is 90.0 cm³/mol. The minimum atomic E-state index is 0.246. The van der Waals surface area contributed by atoms with Crippen molar-refractivity contribution in [2.45, 2.75) is 39.7 Å². The van der Waals surface area contributed by atoms with Gasteiger partial charge in [0.15, 0.2) is 0 Å². The van der Waals surface area contributed by atoms with Crippen molar-refractivity contribution in [2.75, 3.05) is 6.54 Å². The number of benzene rings is 1. The summed E-state index contributed by atoms with van der Waals surface area (Å²) in [5.41, 5.74) is 4.34. The zero-order valence-electron chi connectivity index (χ0n) is 14.4. The highest BCUT2D eigenvalue weighted by Crippen LogP contribution is 2.23. The summed E-state index contributed by atoms with van der Waals surface area (Å²) in [7, 11) is 0. The van der Waals surface area contributed by atoms with Crippen LogP contribution in [0.5, 0.6) is 0 Å². The Hall–Kier alpha value is -2.54. The van der Waals surface area contributed by atoms with Crippen LogP contribution in [0.15, 0.2) is 35.1 Å². The average molecular weight is 326 g/mol. The molecule has 2 unspecified atom stereocenters. The molecule has 24 heavy (non-hydrogen) atoms. The Balaban J connectivity index is 1.62. The summed E-state index contributed by atoms with van der Waals surface area (Å²) in [6.45, 7) is 9.16. The number of nitrogens with one attached hydrogen (secondary N) is 1. The first-order chi connectivity index (χ1) is 11.6. The van der Waals surface area contributed by atoms with E-state index in [2.05, 4.69) is 52.0 Å². The Labute approximate surface area is 141 Å². The fourth-order valence-corrected chi connectivity index (χ4v) is 2.96. The molecular weight excluding hydrogens is 304 g/mol. The molecule has 0 saturated carbocycles. The lowest BCUT2D eigenvalue weighted by atomic mass is 9.98. The zero-order valence-corrected chi connectivity index (χ0v) is 14.4. The van der Waals surface area contributed by atoms with Gasteiger partial charge in [-0.2, -0.15) is 0 Å². The molecule has 2 heterocycles. The average Bonchev–Trinajstić information content (AvgIpc) is 3.23. The molecule has 2 atom stereocenters. The molecule has 7 nitrogen and oxygen atoms in total. The topological polar surface area (TPSA) is 81.7 Å². The van der Waals surface area contributed by atoms with Crippen molar-refractivity contribution in [2.24, 2.45) is 0 Å². The summed E-state index contributed by atoms with van der Waals surface area (Å²) >= 11 is 0. The molecule has 0 amide bonds. The molecule has 7 heteroatoms. The van der Waals surface area contributed by atoms with Crippen molar-refractivity contribution in [3.63, 3.8) is 0 Å². The molecular formula is C17H22N6O. The van der Waals surface area contributed by atoms with Gasteiger partial charge in [0, 0.05) is 18.2 Å². The van der Waals surface area contributed by atoms with E-state index in [0.717, 1.165) is 23.7 Å². The normalized spacial score (nSPS) is 13.8. The summed E-state index contributed by atoms with van der Waals surface area (Å²) in [6, 6.07) is 8.46. The van der Waals surface area contributed by atoms with E-state index < -0.39 is 0 Å². The van der Waals surface area contributed by atoms with Crippen LogP contribution >= 0.6 is 0 Å². The molecule has 3 rings (SSSR count). The molecule has 1 aromatic carbocycles. The van der Waals surface area contributed by atoms with E-state index in [0.29, 0.717) is 5.92 Å². The van der Waals surface area contributed by atoms with Gasteiger partial charge in [-0.3, -0.25) is 0 Å². The highest BCUT2D eigenvalue weighted by Gasteiger charge is 2.17. The zero-order chi connectivity index (χ0) is 17.1. The van der Waals surface area contributed by atoms with Crippen molar-refractivity contribution in [1.29, 1.82) is 0 Å². The lowest BCUT2D eigenvalue weighted by molar-refractivity contribution is 0.391. The van der Waals surface area contributed by atoms with Crippen molar-refractivity contribution in [3.05, 3.63) is 53.2 Å². The van der Waals surface area contributed by atoms with E-state index in [1.165, 1.54) is 11.1 Å². The lowest BCUT2D eigenvalue weighted by Crippen LogP contribution is -2.24. The van der Waals surface area contributed by atoms with Crippen LogP contribution in [0.1, 0.15) is 48.4 Å². The minimum Gasteiger partial charge on any atom is -0.361 e. The van der Waals surface area contributed by atoms with Gasteiger partial charge in [-0.15, -0.1) is 5.10 Å². The third-order valence-electron chi connectivity index (χ3n) is 4.32. The second kappa shape index (κ2) is 6.92. The number of rotatable bonds is 6. The molecule has 0 radical (unpaired) electrons. The van der Waals surface area contributed by atoms with Gasteiger partial charge in [0.1, 0.15) is 12.1 Å². The molecule has 0 spiro atoms. The van der Waals surface area contributed by atoms with Crippen LogP contribution in [0.4, 0.5) is 0 Å². The highest BCUT2D eigenvalue weighted by atomic mass is 16.5. The largest absolute Gasteiger partial charge is 0.361 e. The van der Waals surface area contributed by atoms with Crippen LogP contribution in [-0.4, -0.2) is 31.9 Å². The van der Waals surface area contributed by atoms with E-state index in [4.69, 9.17) is 4.52 Å². The Kier molecular flexibility index (Phi) is 4.71. The van der Waals surface area contributed by atoms with E-state index in [-0.39, 0.29) is 6.04 Å². The van der Waals surface area contributed by atoms with Gasteiger partial charge < -0.3 is 9.84 Å². The Bertz CT molecular complexity index is 759. The molecule has 2 aromatic heterocycles. The smallest absolute Gasteiger partial charge is 0.143 e. The van der Waals surface area contributed by atoms with Gasteiger partial charge >= 0.3 is 0 Å².